The van der Waals surface area contributed by atoms with Crippen molar-refractivity contribution in [1.29, 1.82) is 0 Å². The molecule has 1 saturated heterocycles. The molecule has 0 aromatic carbocycles. The van der Waals surface area contributed by atoms with Crippen molar-refractivity contribution in [1.82, 2.24) is 15.2 Å². The second-order valence-electron chi connectivity index (χ2n) is 6.61. The Hall–Kier alpha value is -0.980. The van der Waals surface area contributed by atoms with Gasteiger partial charge in [0.2, 0.25) is 5.91 Å². The summed E-state index contributed by atoms with van der Waals surface area (Å²) in [6.07, 6.45) is 8.02. The van der Waals surface area contributed by atoms with Gasteiger partial charge < -0.3 is 10.1 Å². The maximum atomic E-state index is 12.7. The van der Waals surface area contributed by atoms with Crippen LogP contribution >= 0.6 is 11.3 Å². The zero-order valence-electron chi connectivity index (χ0n) is 13.9. The molecular formula is C17H27N3O2S. The number of aromatic nitrogens is 1. The first-order valence-electron chi connectivity index (χ1n) is 8.75. The van der Waals surface area contributed by atoms with Crippen LogP contribution in [0.1, 0.15) is 56.5 Å². The van der Waals surface area contributed by atoms with Gasteiger partial charge in [0.25, 0.3) is 0 Å². The van der Waals surface area contributed by atoms with E-state index < -0.39 is 0 Å². The number of hydrogen-bond acceptors (Lipinski definition) is 5. The first kappa shape index (κ1) is 16.9. The van der Waals surface area contributed by atoms with Gasteiger partial charge in [-0.15, -0.1) is 11.3 Å². The molecule has 1 atom stereocenters. The van der Waals surface area contributed by atoms with Crippen molar-refractivity contribution in [3.63, 3.8) is 0 Å². The highest BCUT2D eigenvalue weighted by Gasteiger charge is 2.41. The van der Waals surface area contributed by atoms with Gasteiger partial charge in [0, 0.05) is 36.6 Å². The van der Waals surface area contributed by atoms with Gasteiger partial charge in [-0.25, -0.2) is 4.98 Å². The number of nitrogens with zero attached hydrogens (tertiary/aromatic N) is 2. The molecule has 1 aromatic rings. The molecule has 1 aliphatic heterocycles. The second-order valence-corrected chi connectivity index (χ2v) is 7.53. The Balaban J connectivity index is 1.64. The van der Waals surface area contributed by atoms with E-state index in [1.54, 1.807) is 17.5 Å². The van der Waals surface area contributed by atoms with Crippen LogP contribution in [0.15, 0.2) is 11.6 Å². The first-order valence-corrected chi connectivity index (χ1v) is 9.63. The van der Waals surface area contributed by atoms with Gasteiger partial charge in [0.05, 0.1) is 19.3 Å². The number of morpholine rings is 1. The predicted octanol–water partition coefficient (Wildman–Crippen LogP) is 2.75. The third-order valence-corrected chi connectivity index (χ3v) is 6.09. The van der Waals surface area contributed by atoms with Gasteiger partial charge in [-0.3, -0.25) is 9.69 Å². The van der Waals surface area contributed by atoms with Crippen molar-refractivity contribution < 1.29 is 9.53 Å². The Morgan fingerprint density at radius 1 is 1.43 bits per heavy atom. The molecular weight excluding hydrogens is 310 g/mol. The van der Waals surface area contributed by atoms with Gasteiger partial charge in [-0.1, -0.05) is 19.8 Å². The number of thiazole rings is 1. The number of nitrogens with one attached hydrogen (secondary N) is 1. The van der Waals surface area contributed by atoms with Crippen molar-refractivity contribution in [3.05, 3.63) is 16.6 Å². The van der Waals surface area contributed by atoms with Gasteiger partial charge >= 0.3 is 0 Å². The summed E-state index contributed by atoms with van der Waals surface area (Å²) in [4.78, 5) is 19.6. The third-order valence-electron chi connectivity index (χ3n) is 5.20. The summed E-state index contributed by atoms with van der Waals surface area (Å²) in [5.41, 5.74) is 0.0506. The van der Waals surface area contributed by atoms with E-state index in [-0.39, 0.29) is 17.5 Å². The molecule has 0 bridgehead atoms. The molecule has 128 valence electrons. The Kier molecular flexibility index (Phi) is 5.67. The fourth-order valence-corrected chi connectivity index (χ4v) is 4.74. The summed E-state index contributed by atoms with van der Waals surface area (Å²) in [5, 5.41) is 6.19. The lowest BCUT2D eigenvalue weighted by atomic mass is 9.89. The maximum absolute atomic E-state index is 12.7. The van der Waals surface area contributed by atoms with E-state index in [9.17, 15) is 4.79 Å². The first-order chi connectivity index (χ1) is 11.2. The molecule has 2 aliphatic rings. The lowest BCUT2D eigenvalue weighted by Gasteiger charge is -2.43. The lowest BCUT2D eigenvalue weighted by Crippen LogP contribution is -2.54. The summed E-state index contributed by atoms with van der Waals surface area (Å²) in [7, 11) is 0. The Bertz CT molecular complexity index is 494. The molecule has 6 heteroatoms. The maximum Gasteiger partial charge on any atom is 0.222 e. The molecule has 2 fully saturated rings. The van der Waals surface area contributed by atoms with Gasteiger partial charge in [0.1, 0.15) is 5.01 Å². The summed E-state index contributed by atoms with van der Waals surface area (Å²) < 4.78 is 5.49. The Morgan fingerprint density at radius 3 is 2.78 bits per heavy atom. The summed E-state index contributed by atoms with van der Waals surface area (Å²) in [6.45, 7) is 5.59. The highest BCUT2D eigenvalue weighted by molar-refractivity contribution is 7.09. The molecule has 3 rings (SSSR count). The summed E-state index contributed by atoms with van der Waals surface area (Å²) >= 11 is 1.61. The molecule has 0 spiro atoms. The largest absolute Gasteiger partial charge is 0.379 e. The summed E-state index contributed by atoms with van der Waals surface area (Å²) in [5.74, 6) is 0.167. The highest BCUT2D eigenvalue weighted by Crippen LogP contribution is 2.38. The van der Waals surface area contributed by atoms with Crippen LogP contribution in [0.2, 0.25) is 0 Å². The van der Waals surface area contributed by atoms with E-state index in [1.165, 1.54) is 12.8 Å². The van der Waals surface area contributed by atoms with Crippen molar-refractivity contribution in [3.8, 4) is 0 Å². The zero-order valence-corrected chi connectivity index (χ0v) is 14.7. The van der Waals surface area contributed by atoms with Crippen molar-refractivity contribution in [2.75, 3.05) is 26.3 Å². The number of ether oxygens (including phenoxy) is 1. The molecule has 23 heavy (non-hydrogen) atoms. The molecule has 5 nitrogen and oxygen atoms in total. The van der Waals surface area contributed by atoms with E-state index in [0.717, 1.165) is 50.6 Å². The molecule has 0 radical (unpaired) electrons. The minimum absolute atomic E-state index is 0.0469. The quantitative estimate of drug-likeness (QED) is 0.867. The average molecular weight is 337 g/mol. The lowest BCUT2D eigenvalue weighted by molar-refractivity contribution is -0.126. The molecule has 1 saturated carbocycles. The van der Waals surface area contributed by atoms with Crippen LogP contribution in [0.4, 0.5) is 0 Å². The van der Waals surface area contributed by atoms with Crippen LogP contribution in [0, 0.1) is 0 Å². The van der Waals surface area contributed by atoms with Gasteiger partial charge in [-0.05, 0) is 19.3 Å². The topological polar surface area (TPSA) is 54.5 Å². The predicted molar refractivity (Wildman–Crippen MR) is 91.5 cm³/mol. The van der Waals surface area contributed by atoms with Crippen LogP contribution < -0.4 is 5.32 Å². The van der Waals surface area contributed by atoms with E-state index in [4.69, 9.17) is 4.74 Å². The van der Waals surface area contributed by atoms with Gasteiger partial charge in [-0.2, -0.15) is 0 Å². The number of rotatable bonds is 6. The SMILES string of the molecule is CC[C@@H](NC(=O)CC1(N2CCOCC2)CCCC1)c1nccs1. The second kappa shape index (κ2) is 7.73. The molecule has 1 aromatic heterocycles. The number of carbonyl (C=O) groups is 1. The van der Waals surface area contributed by atoms with Crippen molar-refractivity contribution in [2.45, 2.75) is 57.0 Å². The van der Waals surface area contributed by atoms with Crippen LogP contribution in [0.5, 0.6) is 0 Å². The monoisotopic (exact) mass is 337 g/mol. The van der Waals surface area contributed by atoms with E-state index in [2.05, 4.69) is 22.1 Å². The molecule has 1 N–H and O–H groups in total. The van der Waals surface area contributed by atoms with Crippen molar-refractivity contribution >= 4 is 17.2 Å². The Labute approximate surface area is 142 Å². The standard InChI is InChI=1S/C17H27N3O2S/c1-2-14(16-18-7-12-23-16)19-15(21)13-17(5-3-4-6-17)20-8-10-22-11-9-20/h7,12,14H,2-6,8-11,13H2,1H3,(H,19,21)/t14-/m1/s1. The van der Waals surface area contributed by atoms with E-state index >= 15 is 0 Å². The molecule has 0 unspecified atom stereocenters. The molecule has 1 amide bonds. The van der Waals surface area contributed by atoms with Crippen LogP contribution in [-0.2, 0) is 9.53 Å². The normalized spacial score (nSPS) is 22.8. The van der Waals surface area contributed by atoms with Gasteiger partial charge in [0.15, 0.2) is 0 Å². The average Bonchev–Trinajstić information content (AvgIpc) is 3.26. The fourth-order valence-electron chi connectivity index (χ4n) is 3.96. The minimum atomic E-state index is 0.0469. The minimum Gasteiger partial charge on any atom is -0.379 e. The van der Waals surface area contributed by atoms with E-state index in [1.807, 2.05) is 5.38 Å². The molecule has 2 heterocycles. The number of amides is 1. The van der Waals surface area contributed by atoms with Crippen LogP contribution in [-0.4, -0.2) is 47.6 Å². The van der Waals surface area contributed by atoms with Crippen molar-refractivity contribution in [2.24, 2.45) is 0 Å². The molecule has 1 aliphatic carbocycles. The fraction of sp³-hybridized carbons (Fsp3) is 0.765. The van der Waals surface area contributed by atoms with Crippen LogP contribution in [0.25, 0.3) is 0 Å². The summed E-state index contributed by atoms with van der Waals surface area (Å²) in [6, 6.07) is 0.0469. The number of hydrogen-bond donors (Lipinski definition) is 1. The Morgan fingerprint density at radius 2 is 2.17 bits per heavy atom. The smallest absolute Gasteiger partial charge is 0.222 e. The zero-order chi connectivity index (χ0) is 16.1. The highest BCUT2D eigenvalue weighted by atomic mass is 32.1. The van der Waals surface area contributed by atoms with E-state index in [0.29, 0.717) is 6.42 Å². The third kappa shape index (κ3) is 3.92. The van der Waals surface area contributed by atoms with Crippen LogP contribution in [0.3, 0.4) is 0 Å². The number of carbonyl (C=O) groups excluding carboxylic acids is 1.